The predicted octanol–water partition coefficient (Wildman–Crippen LogP) is 7.19. The molecule has 0 saturated heterocycles. The van der Waals surface area contributed by atoms with Crippen molar-refractivity contribution in [2.75, 3.05) is 19.8 Å². The summed E-state index contributed by atoms with van der Waals surface area (Å²) in [7, 11) is 0. The number of para-hydroxylation sites is 1. The van der Waals surface area contributed by atoms with Crippen LogP contribution in [0.4, 0.5) is 17.6 Å². The van der Waals surface area contributed by atoms with Gasteiger partial charge in [-0.05, 0) is 57.1 Å². The lowest BCUT2D eigenvalue weighted by molar-refractivity contribution is 0.0934. The molecule has 1 aliphatic carbocycles. The number of nitrogens with one attached hydrogen (secondary N) is 1. The van der Waals surface area contributed by atoms with Gasteiger partial charge >= 0.3 is 0 Å². The average Bonchev–Trinajstić information content (AvgIpc) is 3.44. The van der Waals surface area contributed by atoms with Crippen LogP contribution >= 0.6 is 0 Å². The largest absolute Gasteiger partial charge is 0.493 e. The van der Waals surface area contributed by atoms with Crippen molar-refractivity contribution in [1.29, 1.82) is 0 Å². The van der Waals surface area contributed by atoms with Crippen LogP contribution in [0, 0.1) is 11.6 Å². The Kier molecular flexibility index (Phi) is 6.80. The standard InChI is InChI=1S/C28H32F4N2O/c1-18-14-21-20-8-4-5-9-24(20)33-26(21)27(34(18)17-28(32)10-11-28)25-22(30)15-19(16-23(25)31)35-13-7-3-2-6-12-29/h4-5,8-9,15-16,18,27,33H,2-3,6-7,10-14,17H2,1H3/t18-,27-/m1/s1. The van der Waals surface area contributed by atoms with Crippen molar-refractivity contribution in [3.05, 3.63) is 64.9 Å². The highest BCUT2D eigenvalue weighted by Crippen LogP contribution is 2.47. The lowest BCUT2D eigenvalue weighted by atomic mass is 9.87. The Morgan fingerprint density at radius 2 is 1.77 bits per heavy atom. The quantitative estimate of drug-likeness (QED) is 0.242. The first-order valence-electron chi connectivity index (χ1n) is 12.6. The number of fused-ring (bicyclic) bond motifs is 3. The molecule has 0 unspecified atom stereocenters. The molecule has 2 heterocycles. The van der Waals surface area contributed by atoms with E-state index in [1.54, 1.807) is 0 Å². The number of aromatic amines is 1. The van der Waals surface area contributed by atoms with E-state index in [1.165, 1.54) is 12.1 Å². The number of hydrogen-bond acceptors (Lipinski definition) is 2. The highest BCUT2D eigenvalue weighted by Gasteiger charge is 2.49. The van der Waals surface area contributed by atoms with Crippen LogP contribution in [0.2, 0.25) is 0 Å². The number of H-pyrrole nitrogens is 1. The molecule has 1 saturated carbocycles. The molecule has 2 atom stereocenters. The molecular formula is C28H32F4N2O. The van der Waals surface area contributed by atoms with Crippen molar-refractivity contribution in [1.82, 2.24) is 9.88 Å². The molecule has 2 aliphatic rings. The second-order valence-corrected chi connectivity index (χ2v) is 10.1. The number of rotatable bonds is 10. The fourth-order valence-electron chi connectivity index (χ4n) is 5.33. The summed E-state index contributed by atoms with van der Waals surface area (Å²) >= 11 is 0. The van der Waals surface area contributed by atoms with Crippen molar-refractivity contribution < 1.29 is 22.3 Å². The van der Waals surface area contributed by atoms with Gasteiger partial charge in [0.15, 0.2) is 0 Å². The summed E-state index contributed by atoms with van der Waals surface area (Å²) in [4.78, 5) is 5.31. The number of unbranched alkanes of at least 4 members (excludes halogenated alkanes) is 3. The zero-order valence-corrected chi connectivity index (χ0v) is 20.1. The van der Waals surface area contributed by atoms with E-state index in [0.717, 1.165) is 35.0 Å². The molecule has 1 fully saturated rings. The lowest BCUT2D eigenvalue weighted by Crippen LogP contribution is -2.46. The molecule has 188 valence electrons. The summed E-state index contributed by atoms with van der Waals surface area (Å²) in [6, 6.07) is 9.45. The molecule has 0 spiro atoms. The van der Waals surface area contributed by atoms with E-state index in [4.69, 9.17) is 4.74 Å². The fourth-order valence-corrected chi connectivity index (χ4v) is 5.33. The summed E-state index contributed by atoms with van der Waals surface area (Å²) in [5.41, 5.74) is 1.29. The smallest absolute Gasteiger partial charge is 0.135 e. The number of nitrogens with zero attached hydrogens (tertiary/aromatic N) is 1. The van der Waals surface area contributed by atoms with Gasteiger partial charge in [-0.15, -0.1) is 0 Å². The van der Waals surface area contributed by atoms with Gasteiger partial charge in [-0.25, -0.2) is 13.2 Å². The van der Waals surface area contributed by atoms with E-state index < -0.39 is 23.3 Å². The molecule has 35 heavy (non-hydrogen) atoms. The first-order chi connectivity index (χ1) is 16.9. The molecule has 0 amide bonds. The van der Waals surface area contributed by atoms with Gasteiger partial charge in [-0.3, -0.25) is 9.29 Å². The second kappa shape index (κ2) is 9.84. The van der Waals surface area contributed by atoms with Crippen molar-refractivity contribution in [2.24, 2.45) is 0 Å². The Balaban J connectivity index is 1.48. The van der Waals surface area contributed by atoms with Crippen molar-refractivity contribution in [3.63, 3.8) is 0 Å². The highest BCUT2D eigenvalue weighted by atomic mass is 19.1. The van der Waals surface area contributed by atoms with Crippen LogP contribution in [-0.2, 0) is 6.42 Å². The summed E-state index contributed by atoms with van der Waals surface area (Å²) in [6.45, 7) is 2.12. The van der Waals surface area contributed by atoms with Crippen LogP contribution in [0.3, 0.4) is 0 Å². The van der Waals surface area contributed by atoms with Crippen LogP contribution in [0.1, 0.15) is 68.3 Å². The summed E-state index contributed by atoms with van der Waals surface area (Å²) in [5, 5.41) is 1.04. The van der Waals surface area contributed by atoms with Gasteiger partial charge in [0.05, 0.1) is 19.3 Å². The van der Waals surface area contributed by atoms with Gasteiger partial charge in [0.25, 0.3) is 0 Å². The molecule has 3 aromatic rings. The minimum absolute atomic E-state index is 0.0797. The van der Waals surface area contributed by atoms with Crippen LogP contribution < -0.4 is 4.74 Å². The third-order valence-electron chi connectivity index (χ3n) is 7.40. The normalized spacial score (nSPS) is 21.3. The average molecular weight is 489 g/mol. The molecule has 1 aliphatic heterocycles. The van der Waals surface area contributed by atoms with Crippen molar-refractivity contribution in [3.8, 4) is 5.75 Å². The molecule has 0 radical (unpaired) electrons. The Morgan fingerprint density at radius 1 is 1.06 bits per heavy atom. The number of alkyl halides is 2. The fraction of sp³-hybridized carbons (Fsp3) is 0.500. The second-order valence-electron chi connectivity index (χ2n) is 10.1. The van der Waals surface area contributed by atoms with E-state index in [9.17, 15) is 8.78 Å². The molecular weight excluding hydrogens is 456 g/mol. The molecule has 3 nitrogen and oxygen atoms in total. The van der Waals surface area contributed by atoms with Crippen LogP contribution in [-0.4, -0.2) is 41.4 Å². The van der Waals surface area contributed by atoms with Gasteiger partial charge < -0.3 is 9.72 Å². The molecule has 1 N–H and O–H groups in total. The molecule has 0 bridgehead atoms. The van der Waals surface area contributed by atoms with Crippen LogP contribution in [0.5, 0.6) is 5.75 Å². The Labute approximate surface area is 203 Å². The maximum Gasteiger partial charge on any atom is 0.135 e. The molecule has 5 rings (SSSR count). The lowest BCUT2D eigenvalue weighted by Gasteiger charge is -2.41. The summed E-state index contributed by atoms with van der Waals surface area (Å²) in [5.74, 6) is -1.27. The van der Waals surface area contributed by atoms with Gasteiger partial charge in [0, 0.05) is 46.9 Å². The molecule has 7 heteroatoms. The highest BCUT2D eigenvalue weighted by molar-refractivity contribution is 5.85. The van der Waals surface area contributed by atoms with E-state index in [-0.39, 0.29) is 30.6 Å². The van der Waals surface area contributed by atoms with Gasteiger partial charge in [-0.1, -0.05) is 24.6 Å². The van der Waals surface area contributed by atoms with Gasteiger partial charge in [-0.2, -0.15) is 0 Å². The molecule has 1 aromatic heterocycles. The van der Waals surface area contributed by atoms with Crippen molar-refractivity contribution in [2.45, 2.75) is 69.6 Å². The monoisotopic (exact) mass is 488 g/mol. The van der Waals surface area contributed by atoms with Gasteiger partial charge in [0.2, 0.25) is 0 Å². The SMILES string of the molecule is C[C@@H]1Cc2c([nH]c3ccccc23)[C@@H](c2c(F)cc(OCCCCCCF)cc2F)N1CC1(F)CC1. The van der Waals surface area contributed by atoms with E-state index in [2.05, 4.69) is 4.98 Å². The van der Waals surface area contributed by atoms with E-state index >= 15 is 8.78 Å². The molecule has 2 aromatic carbocycles. The van der Waals surface area contributed by atoms with Crippen LogP contribution in [0.25, 0.3) is 10.9 Å². The first-order valence-corrected chi connectivity index (χ1v) is 12.6. The third-order valence-corrected chi connectivity index (χ3v) is 7.40. The number of aromatic nitrogens is 1. The number of hydrogen-bond donors (Lipinski definition) is 1. The van der Waals surface area contributed by atoms with Crippen molar-refractivity contribution >= 4 is 10.9 Å². The number of ether oxygens (including phenoxy) is 1. The Bertz CT molecular complexity index is 1170. The zero-order valence-electron chi connectivity index (χ0n) is 20.1. The Hall–Kier alpha value is -2.54. The Morgan fingerprint density at radius 3 is 2.49 bits per heavy atom. The van der Waals surface area contributed by atoms with Crippen LogP contribution in [0.15, 0.2) is 36.4 Å². The summed E-state index contributed by atoms with van der Waals surface area (Å²) in [6.07, 6.45) is 4.41. The predicted molar refractivity (Wildman–Crippen MR) is 129 cm³/mol. The van der Waals surface area contributed by atoms with E-state index in [1.807, 2.05) is 36.1 Å². The topological polar surface area (TPSA) is 28.3 Å². The zero-order chi connectivity index (χ0) is 24.6. The number of halogens is 4. The maximum absolute atomic E-state index is 15.6. The van der Waals surface area contributed by atoms with E-state index in [0.29, 0.717) is 38.7 Å². The minimum Gasteiger partial charge on any atom is -0.493 e. The summed E-state index contributed by atoms with van der Waals surface area (Å²) < 4.78 is 63.9. The van der Waals surface area contributed by atoms with Gasteiger partial charge in [0.1, 0.15) is 23.1 Å². The minimum atomic E-state index is -1.30. The maximum atomic E-state index is 15.6. The first kappa shape index (κ1) is 24.2. The number of benzene rings is 2. The third kappa shape index (κ3) is 4.92.